The van der Waals surface area contributed by atoms with Gasteiger partial charge in [-0.05, 0) is 24.5 Å². The molecule has 0 radical (unpaired) electrons. The molecular weight excluding hydrogens is 252 g/mol. The highest BCUT2D eigenvalue weighted by Gasteiger charge is 2.14. The van der Waals surface area contributed by atoms with Crippen molar-refractivity contribution in [2.75, 3.05) is 13.7 Å². The topological polar surface area (TPSA) is 35.5 Å². The summed E-state index contributed by atoms with van der Waals surface area (Å²) in [6, 6.07) is 7.84. The Balaban J connectivity index is 2.60. The molecule has 1 aromatic carbocycles. The molecule has 18 heavy (non-hydrogen) atoms. The van der Waals surface area contributed by atoms with Crippen LogP contribution in [-0.2, 0) is 20.9 Å². The SMILES string of the molecule is CCOC(=O)CCC(Cl)c1ccccc1COC. The average molecular weight is 271 g/mol. The first-order chi connectivity index (χ1) is 8.69. The molecule has 1 unspecified atom stereocenters. The van der Waals surface area contributed by atoms with Crippen molar-refractivity contribution in [2.24, 2.45) is 0 Å². The monoisotopic (exact) mass is 270 g/mol. The zero-order valence-corrected chi connectivity index (χ0v) is 11.6. The second kappa shape index (κ2) is 8.11. The number of esters is 1. The van der Waals surface area contributed by atoms with Crippen molar-refractivity contribution in [3.05, 3.63) is 35.4 Å². The van der Waals surface area contributed by atoms with Gasteiger partial charge in [0, 0.05) is 13.5 Å². The van der Waals surface area contributed by atoms with Crippen LogP contribution in [0.5, 0.6) is 0 Å². The summed E-state index contributed by atoms with van der Waals surface area (Å²) in [4.78, 5) is 11.3. The van der Waals surface area contributed by atoms with Gasteiger partial charge in [-0.15, -0.1) is 11.6 Å². The number of carbonyl (C=O) groups is 1. The molecular formula is C14H19ClO3. The molecule has 3 nitrogen and oxygen atoms in total. The lowest BCUT2D eigenvalue weighted by molar-refractivity contribution is -0.143. The van der Waals surface area contributed by atoms with Gasteiger partial charge in [0.25, 0.3) is 0 Å². The van der Waals surface area contributed by atoms with Gasteiger partial charge >= 0.3 is 5.97 Å². The molecule has 0 spiro atoms. The molecule has 0 aliphatic carbocycles. The van der Waals surface area contributed by atoms with Crippen LogP contribution in [0.2, 0.25) is 0 Å². The second-order valence-corrected chi connectivity index (χ2v) is 4.47. The Morgan fingerprint density at radius 2 is 2.11 bits per heavy atom. The van der Waals surface area contributed by atoms with Crippen LogP contribution in [0, 0.1) is 0 Å². The fourth-order valence-corrected chi connectivity index (χ4v) is 2.08. The highest BCUT2D eigenvalue weighted by molar-refractivity contribution is 6.21. The molecule has 0 fully saturated rings. The molecule has 0 aliphatic heterocycles. The van der Waals surface area contributed by atoms with E-state index in [4.69, 9.17) is 21.1 Å². The van der Waals surface area contributed by atoms with Crippen molar-refractivity contribution in [1.29, 1.82) is 0 Å². The largest absolute Gasteiger partial charge is 0.466 e. The molecule has 1 rings (SSSR count). The molecule has 0 saturated heterocycles. The van der Waals surface area contributed by atoms with Crippen molar-refractivity contribution in [3.8, 4) is 0 Å². The Morgan fingerprint density at radius 3 is 2.78 bits per heavy atom. The normalized spacial score (nSPS) is 12.2. The van der Waals surface area contributed by atoms with Gasteiger partial charge in [-0.2, -0.15) is 0 Å². The summed E-state index contributed by atoms with van der Waals surface area (Å²) in [7, 11) is 1.65. The van der Waals surface area contributed by atoms with E-state index >= 15 is 0 Å². The summed E-state index contributed by atoms with van der Waals surface area (Å²) < 4.78 is 10.0. The third kappa shape index (κ3) is 4.67. The maximum atomic E-state index is 11.3. The molecule has 1 aromatic rings. The van der Waals surface area contributed by atoms with Crippen molar-refractivity contribution < 1.29 is 14.3 Å². The fraction of sp³-hybridized carbons (Fsp3) is 0.500. The quantitative estimate of drug-likeness (QED) is 0.562. The number of hydrogen-bond donors (Lipinski definition) is 0. The molecule has 0 amide bonds. The number of rotatable bonds is 7. The minimum Gasteiger partial charge on any atom is -0.466 e. The Hall–Kier alpha value is -1.06. The van der Waals surface area contributed by atoms with Crippen molar-refractivity contribution in [3.63, 3.8) is 0 Å². The summed E-state index contributed by atoms with van der Waals surface area (Å²) in [6.45, 7) is 2.73. The summed E-state index contributed by atoms with van der Waals surface area (Å²) in [6.07, 6.45) is 0.907. The predicted octanol–water partition coefficient (Wildman–Crippen LogP) is 3.46. The molecule has 0 aromatic heterocycles. The Bertz CT molecular complexity index is 379. The fourth-order valence-electron chi connectivity index (χ4n) is 1.76. The van der Waals surface area contributed by atoms with E-state index in [1.54, 1.807) is 14.0 Å². The van der Waals surface area contributed by atoms with E-state index in [1.165, 1.54) is 0 Å². The van der Waals surface area contributed by atoms with Crippen LogP contribution < -0.4 is 0 Å². The van der Waals surface area contributed by atoms with Crippen LogP contribution in [0.3, 0.4) is 0 Å². The Kier molecular flexibility index (Phi) is 6.76. The molecule has 0 saturated carbocycles. The van der Waals surface area contributed by atoms with Crippen molar-refractivity contribution in [1.82, 2.24) is 0 Å². The molecule has 4 heteroatoms. The third-order valence-electron chi connectivity index (χ3n) is 2.60. The summed E-state index contributed by atoms with van der Waals surface area (Å²) in [5.41, 5.74) is 2.08. The number of halogens is 1. The molecule has 0 N–H and O–H groups in total. The predicted molar refractivity (Wildman–Crippen MR) is 71.6 cm³/mol. The number of alkyl halides is 1. The first kappa shape index (κ1) is 15.0. The van der Waals surface area contributed by atoms with Crippen molar-refractivity contribution in [2.45, 2.75) is 31.7 Å². The minimum atomic E-state index is -0.202. The summed E-state index contributed by atoms with van der Waals surface area (Å²) >= 11 is 6.33. The smallest absolute Gasteiger partial charge is 0.305 e. The Labute approximate surface area is 113 Å². The first-order valence-corrected chi connectivity index (χ1v) is 6.49. The van der Waals surface area contributed by atoms with E-state index in [0.717, 1.165) is 11.1 Å². The molecule has 0 bridgehead atoms. The number of benzene rings is 1. The minimum absolute atomic E-state index is 0.194. The van der Waals surface area contributed by atoms with Crippen LogP contribution in [0.25, 0.3) is 0 Å². The third-order valence-corrected chi connectivity index (χ3v) is 3.05. The first-order valence-electron chi connectivity index (χ1n) is 6.05. The van der Waals surface area contributed by atoms with Crippen LogP contribution in [0.15, 0.2) is 24.3 Å². The van der Waals surface area contributed by atoms with E-state index in [2.05, 4.69) is 0 Å². The van der Waals surface area contributed by atoms with Gasteiger partial charge in [0.2, 0.25) is 0 Å². The Morgan fingerprint density at radius 1 is 1.39 bits per heavy atom. The van der Waals surface area contributed by atoms with Gasteiger partial charge in [-0.1, -0.05) is 24.3 Å². The molecule has 1 atom stereocenters. The van der Waals surface area contributed by atoms with E-state index < -0.39 is 0 Å². The molecule has 0 heterocycles. The van der Waals surface area contributed by atoms with Gasteiger partial charge < -0.3 is 9.47 Å². The zero-order chi connectivity index (χ0) is 13.4. The van der Waals surface area contributed by atoms with Crippen molar-refractivity contribution >= 4 is 17.6 Å². The lowest BCUT2D eigenvalue weighted by Gasteiger charge is -2.14. The van der Waals surface area contributed by atoms with E-state index in [-0.39, 0.29) is 11.3 Å². The highest BCUT2D eigenvalue weighted by atomic mass is 35.5. The standard InChI is InChI=1S/C14H19ClO3/c1-3-18-14(16)9-8-13(15)12-7-5-4-6-11(12)10-17-2/h4-7,13H,3,8-10H2,1-2H3. The maximum Gasteiger partial charge on any atom is 0.305 e. The number of carbonyl (C=O) groups excluding carboxylic acids is 1. The van der Waals surface area contributed by atoms with E-state index in [9.17, 15) is 4.79 Å². The number of ether oxygens (including phenoxy) is 2. The zero-order valence-electron chi connectivity index (χ0n) is 10.8. The molecule has 100 valence electrons. The van der Waals surface area contributed by atoms with Crippen LogP contribution >= 0.6 is 11.6 Å². The lowest BCUT2D eigenvalue weighted by atomic mass is 10.0. The molecule has 0 aliphatic rings. The average Bonchev–Trinajstić information content (AvgIpc) is 2.37. The van der Waals surface area contributed by atoms with Gasteiger partial charge in [0.15, 0.2) is 0 Å². The summed E-state index contributed by atoms with van der Waals surface area (Å²) in [5, 5.41) is -0.194. The second-order valence-electron chi connectivity index (χ2n) is 3.94. The van der Waals surface area contributed by atoms with E-state index in [0.29, 0.717) is 26.1 Å². The van der Waals surface area contributed by atoms with Gasteiger partial charge in [-0.25, -0.2) is 0 Å². The lowest BCUT2D eigenvalue weighted by Crippen LogP contribution is -2.06. The van der Waals surface area contributed by atoms with Gasteiger partial charge in [-0.3, -0.25) is 4.79 Å². The van der Waals surface area contributed by atoms with E-state index in [1.807, 2.05) is 24.3 Å². The van der Waals surface area contributed by atoms with Gasteiger partial charge in [0.1, 0.15) is 0 Å². The summed E-state index contributed by atoms with van der Waals surface area (Å²) in [5.74, 6) is -0.202. The van der Waals surface area contributed by atoms with Crippen LogP contribution in [-0.4, -0.2) is 19.7 Å². The maximum absolute atomic E-state index is 11.3. The van der Waals surface area contributed by atoms with Crippen LogP contribution in [0.1, 0.15) is 36.3 Å². The number of hydrogen-bond acceptors (Lipinski definition) is 3. The highest BCUT2D eigenvalue weighted by Crippen LogP contribution is 2.29. The number of methoxy groups -OCH3 is 1. The van der Waals surface area contributed by atoms with Gasteiger partial charge in [0.05, 0.1) is 18.6 Å². The van der Waals surface area contributed by atoms with Crippen LogP contribution in [0.4, 0.5) is 0 Å².